The van der Waals surface area contributed by atoms with Crippen molar-refractivity contribution in [2.24, 2.45) is 4.99 Å². The summed E-state index contributed by atoms with van der Waals surface area (Å²) in [6, 6.07) is 19.3. The maximum absolute atomic E-state index is 12.6. The summed E-state index contributed by atoms with van der Waals surface area (Å²) in [6.07, 6.45) is 1.50. The summed E-state index contributed by atoms with van der Waals surface area (Å²) in [5.41, 5.74) is 1.11. The van der Waals surface area contributed by atoms with Crippen molar-refractivity contribution in [2.45, 2.75) is 11.8 Å². The van der Waals surface area contributed by atoms with E-state index in [1.807, 2.05) is 0 Å². The minimum atomic E-state index is -4.04. The van der Waals surface area contributed by atoms with E-state index >= 15 is 0 Å². The highest BCUT2D eigenvalue weighted by atomic mass is 35.5. The standard InChI is InChI=1S/C24H18ClNO6S/c1-2-30-22-15-16(12-13-21(22)32-33(28,29)17-8-4-3-5-9-17)14-20-24(27)31-23(26-20)18-10-6-7-11-19(18)25/h3-15H,2H2,1H3/b20-14-. The molecule has 0 aliphatic carbocycles. The molecule has 7 nitrogen and oxygen atoms in total. The molecule has 4 rings (SSSR count). The summed E-state index contributed by atoms with van der Waals surface area (Å²) in [5.74, 6) is -0.296. The molecule has 0 unspecified atom stereocenters. The van der Waals surface area contributed by atoms with Crippen LogP contribution in [0.5, 0.6) is 11.5 Å². The van der Waals surface area contributed by atoms with Crippen molar-refractivity contribution < 1.29 is 26.9 Å². The van der Waals surface area contributed by atoms with E-state index in [1.54, 1.807) is 61.5 Å². The summed E-state index contributed by atoms with van der Waals surface area (Å²) in [7, 11) is -4.04. The van der Waals surface area contributed by atoms with Crippen LogP contribution < -0.4 is 8.92 Å². The molecule has 0 N–H and O–H groups in total. The fourth-order valence-corrected chi connectivity index (χ4v) is 4.20. The van der Waals surface area contributed by atoms with Crippen LogP contribution in [0, 0.1) is 0 Å². The largest absolute Gasteiger partial charge is 0.490 e. The molecule has 3 aromatic rings. The van der Waals surface area contributed by atoms with Crippen LogP contribution in [0.4, 0.5) is 0 Å². The van der Waals surface area contributed by atoms with Gasteiger partial charge in [-0.3, -0.25) is 0 Å². The zero-order chi connectivity index (χ0) is 23.4. The summed E-state index contributed by atoms with van der Waals surface area (Å²) in [5, 5.41) is 0.407. The first-order valence-corrected chi connectivity index (χ1v) is 11.7. The minimum absolute atomic E-state index is 0.0220. The molecule has 0 aromatic heterocycles. The lowest BCUT2D eigenvalue weighted by molar-refractivity contribution is -0.129. The van der Waals surface area contributed by atoms with E-state index in [1.165, 1.54) is 24.3 Å². The molecule has 1 aliphatic heterocycles. The van der Waals surface area contributed by atoms with Crippen LogP contribution in [-0.2, 0) is 19.6 Å². The maximum atomic E-state index is 12.6. The maximum Gasteiger partial charge on any atom is 0.363 e. The van der Waals surface area contributed by atoms with Crippen LogP contribution >= 0.6 is 11.6 Å². The van der Waals surface area contributed by atoms with Gasteiger partial charge in [0.05, 0.1) is 17.2 Å². The number of halogens is 1. The normalized spacial score (nSPS) is 14.7. The van der Waals surface area contributed by atoms with Gasteiger partial charge >= 0.3 is 16.1 Å². The van der Waals surface area contributed by atoms with Crippen LogP contribution in [0.1, 0.15) is 18.1 Å². The number of carbonyl (C=O) groups is 1. The first-order valence-electron chi connectivity index (χ1n) is 9.91. The zero-order valence-corrected chi connectivity index (χ0v) is 19.0. The molecule has 0 amide bonds. The number of benzene rings is 3. The van der Waals surface area contributed by atoms with Gasteiger partial charge in [-0.25, -0.2) is 9.79 Å². The molecular weight excluding hydrogens is 466 g/mol. The van der Waals surface area contributed by atoms with Crippen LogP contribution in [0.3, 0.4) is 0 Å². The molecule has 0 bridgehead atoms. The number of carbonyl (C=O) groups excluding carboxylic acids is 1. The van der Waals surface area contributed by atoms with E-state index in [2.05, 4.69) is 4.99 Å². The Morgan fingerprint density at radius 2 is 1.73 bits per heavy atom. The first-order chi connectivity index (χ1) is 15.9. The van der Waals surface area contributed by atoms with Crippen molar-refractivity contribution in [1.82, 2.24) is 0 Å². The fraction of sp³-hybridized carbons (Fsp3) is 0.0833. The third-order valence-electron chi connectivity index (χ3n) is 4.53. The molecule has 0 atom stereocenters. The molecule has 9 heteroatoms. The number of hydrogen-bond acceptors (Lipinski definition) is 7. The average Bonchev–Trinajstić information content (AvgIpc) is 3.16. The van der Waals surface area contributed by atoms with Crippen molar-refractivity contribution in [3.05, 3.63) is 94.6 Å². The molecule has 0 radical (unpaired) electrons. The summed E-state index contributed by atoms with van der Waals surface area (Å²) in [6.45, 7) is 2.04. The Morgan fingerprint density at radius 3 is 2.45 bits per heavy atom. The molecular formula is C24H18ClNO6S. The van der Waals surface area contributed by atoms with Crippen molar-refractivity contribution >= 4 is 39.7 Å². The van der Waals surface area contributed by atoms with Gasteiger partial charge in [-0.2, -0.15) is 8.42 Å². The number of esters is 1. The van der Waals surface area contributed by atoms with E-state index < -0.39 is 16.1 Å². The number of nitrogens with zero attached hydrogens (tertiary/aromatic N) is 1. The lowest BCUT2D eigenvalue weighted by Gasteiger charge is -2.12. The molecule has 3 aromatic carbocycles. The summed E-state index contributed by atoms with van der Waals surface area (Å²) < 4.78 is 41.3. The van der Waals surface area contributed by atoms with E-state index in [9.17, 15) is 13.2 Å². The summed E-state index contributed by atoms with van der Waals surface area (Å²) >= 11 is 6.16. The second kappa shape index (κ2) is 9.48. The molecule has 0 spiro atoms. The van der Waals surface area contributed by atoms with E-state index in [0.717, 1.165) is 0 Å². The van der Waals surface area contributed by atoms with Gasteiger partial charge in [-0.1, -0.05) is 48.0 Å². The Balaban J connectivity index is 1.64. The lowest BCUT2D eigenvalue weighted by Crippen LogP contribution is -2.10. The van der Waals surface area contributed by atoms with Crippen molar-refractivity contribution in [1.29, 1.82) is 0 Å². The third kappa shape index (κ3) is 5.08. The number of rotatable bonds is 7. The van der Waals surface area contributed by atoms with Gasteiger partial charge in [0.25, 0.3) is 0 Å². The van der Waals surface area contributed by atoms with Gasteiger partial charge in [-0.05, 0) is 55.0 Å². The number of hydrogen-bond donors (Lipinski definition) is 0. The molecule has 0 saturated heterocycles. The van der Waals surface area contributed by atoms with Gasteiger partial charge in [0.15, 0.2) is 17.2 Å². The topological polar surface area (TPSA) is 91.3 Å². The van der Waals surface area contributed by atoms with Crippen LogP contribution in [-0.4, -0.2) is 26.9 Å². The van der Waals surface area contributed by atoms with Gasteiger partial charge in [0, 0.05) is 0 Å². The number of ether oxygens (including phenoxy) is 2. The highest BCUT2D eigenvalue weighted by molar-refractivity contribution is 7.87. The molecule has 168 valence electrons. The van der Waals surface area contributed by atoms with Crippen molar-refractivity contribution in [3.63, 3.8) is 0 Å². The van der Waals surface area contributed by atoms with Crippen LogP contribution in [0.25, 0.3) is 6.08 Å². The van der Waals surface area contributed by atoms with E-state index in [-0.39, 0.29) is 34.6 Å². The Kier molecular flexibility index (Phi) is 6.48. The minimum Gasteiger partial charge on any atom is -0.490 e. The second-order valence-corrected chi connectivity index (χ2v) is 8.76. The molecule has 1 aliphatic rings. The Morgan fingerprint density at radius 1 is 1.00 bits per heavy atom. The Labute approximate surface area is 196 Å². The van der Waals surface area contributed by atoms with Gasteiger partial charge in [-0.15, -0.1) is 0 Å². The van der Waals surface area contributed by atoms with Gasteiger partial charge in [0.1, 0.15) is 4.90 Å². The fourth-order valence-electron chi connectivity index (χ4n) is 3.02. The second-order valence-electron chi connectivity index (χ2n) is 6.81. The van der Waals surface area contributed by atoms with Gasteiger partial charge < -0.3 is 13.7 Å². The quantitative estimate of drug-likeness (QED) is 0.271. The van der Waals surface area contributed by atoms with Crippen LogP contribution in [0.2, 0.25) is 5.02 Å². The predicted molar refractivity (Wildman–Crippen MR) is 124 cm³/mol. The Hall–Kier alpha value is -3.62. The van der Waals surface area contributed by atoms with E-state index in [4.69, 9.17) is 25.3 Å². The molecule has 33 heavy (non-hydrogen) atoms. The third-order valence-corrected chi connectivity index (χ3v) is 6.11. The van der Waals surface area contributed by atoms with Crippen molar-refractivity contribution in [3.8, 4) is 11.5 Å². The molecule has 1 heterocycles. The molecule has 0 fully saturated rings. The SMILES string of the molecule is CCOc1cc(/C=C2\N=C(c3ccccc3Cl)OC2=O)ccc1OS(=O)(=O)c1ccccc1. The Bertz CT molecular complexity index is 1370. The van der Waals surface area contributed by atoms with E-state index in [0.29, 0.717) is 16.1 Å². The lowest BCUT2D eigenvalue weighted by atomic mass is 10.1. The zero-order valence-electron chi connectivity index (χ0n) is 17.4. The first kappa shape index (κ1) is 22.6. The predicted octanol–water partition coefficient (Wildman–Crippen LogP) is 4.85. The average molecular weight is 484 g/mol. The van der Waals surface area contributed by atoms with Crippen molar-refractivity contribution in [2.75, 3.05) is 6.61 Å². The number of cyclic esters (lactones) is 1. The summed E-state index contributed by atoms with van der Waals surface area (Å²) in [4.78, 5) is 16.6. The van der Waals surface area contributed by atoms with Gasteiger partial charge in [0.2, 0.25) is 5.90 Å². The molecule has 0 saturated carbocycles. The van der Waals surface area contributed by atoms with Crippen LogP contribution in [0.15, 0.2) is 88.4 Å². The highest BCUT2D eigenvalue weighted by Gasteiger charge is 2.26. The number of aliphatic imine (C=N–C) groups is 1. The monoisotopic (exact) mass is 483 g/mol. The smallest absolute Gasteiger partial charge is 0.363 e. The highest BCUT2D eigenvalue weighted by Crippen LogP contribution is 2.32.